The highest BCUT2D eigenvalue weighted by atomic mass is 32.2. The molecular weight excluding hydrogens is 388 g/mol. The number of rotatable bonds is 8. The van der Waals surface area contributed by atoms with Gasteiger partial charge in [-0.15, -0.1) is 0 Å². The average molecular weight is 417 g/mol. The molecule has 0 bridgehead atoms. The monoisotopic (exact) mass is 416 g/mol. The van der Waals surface area contributed by atoms with Gasteiger partial charge in [-0.25, -0.2) is 13.1 Å². The van der Waals surface area contributed by atoms with Gasteiger partial charge in [0.25, 0.3) is 0 Å². The first-order valence-electron chi connectivity index (χ1n) is 9.89. The Bertz CT molecular complexity index is 955. The molecule has 1 atom stereocenters. The zero-order valence-electron chi connectivity index (χ0n) is 16.9. The molecule has 1 aliphatic rings. The van der Waals surface area contributed by atoms with Gasteiger partial charge in [-0.2, -0.15) is 0 Å². The molecule has 6 nitrogen and oxygen atoms in total. The third-order valence-electron chi connectivity index (χ3n) is 5.00. The second-order valence-corrected chi connectivity index (χ2v) is 9.25. The third-order valence-corrected chi connectivity index (χ3v) is 6.60. The molecule has 0 fully saturated rings. The number of hydrogen-bond donors (Lipinski definition) is 2. The molecule has 3 rings (SSSR count). The van der Waals surface area contributed by atoms with E-state index in [0.29, 0.717) is 12.1 Å². The summed E-state index contributed by atoms with van der Waals surface area (Å²) in [7, 11) is -2.11. The van der Waals surface area contributed by atoms with Gasteiger partial charge in [0.2, 0.25) is 15.9 Å². The van der Waals surface area contributed by atoms with E-state index in [1.165, 1.54) is 43.2 Å². The van der Waals surface area contributed by atoms with Crippen molar-refractivity contribution in [1.82, 2.24) is 4.72 Å². The Labute approximate surface area is 172 Å². The predicted octanol–water partition coefficient (Wildman–Crippen LogP) is 3.06. The van der Waals surface area contributed by atoms with Crippen molar-refractivity contribution in [3.05, 3.63) is 59.2 Å². The fraction of sp³-hybridized carbons (Fsp3) is 0.409. The molecular formula is C22H28N2O4S. The number of anilines is 1. The van der Waals surface area contributed by atoms with Crippen LogP contribution < -0.4 is 10.0 Å². The number of aryl methyl sites for hydroxylation is 2. The van der Waals surface area contributed by atoms with Crippen LogP contribution in [0.1, 0.15) is 36.5 Å². The van der Waals surface area contributed by atoms with Gasteiger partial charge < -0.3 is 10.1 Å². The molecule has 2 N–H and O–H groups in total. The summed E-state index contributed by atoms with van der Waals surface area (Å²) in [5.41, 5.74) is 4.31. The maximum atomic E-state index is 12.4. The van der Waals surface area contributed by atoms with Crippen LogP contribution in [0.15, 0.2) is 47.4 Å². The Morgan fingerprint density at radius 3 is 2.45 bits per heavy atom. The number of amides is 1. The highest BCUT2D eigenvalue weighted by molar-refractivity contribution is 7.89. The van der Waals surface area contributed by atoms with Crippen molar-refractivity contribution in [3.63, 3.8) is 0 Å². The van der Waals surface area contributed by atoms with Crippen LogP contribution in [-0.4, -0.2) is 34.1 Å². The van der Waals surface area contributed by atoms with Crippen molar-refractivity contribution in [2.45, 2.75) is 50.0 Å². The SMILES string of the molecule is COCC(C)NS(=O)(=O)c1ccc(NC(=O)Cc2ccc3c(c2)CCCC3)cc1. The Kier molecular flexibility index (Phi) is 7.05. The second-order valence-electron chi connectivity index (χ2n) is 7.54. The van der Waals surface area contributed by atoms with Gasteiger partial charge in [0.1, 0.15) is 0 Å². The van der Waals surface area contributed by atoms with E-state index in [2.05, 4.69) is 22.2 Å². The minimum absolute atomic E-state index is 0.122. The molecule has 0 saturated carbocycles. The van der Waals surface area contributed by atoms with Gasteiger partial charge in [-0.3, -0.25) is 4.79 Å². The fourth-order valence-electron chi connectivity index (χ4n) is 3.62. The molecule has 1 aliphatic carbocycles. The zero-order chi connectivity index (χ0) is 20.9. The first-order chi connectivity index (χ1) is 13.9. The van der Waals surface area contributed by atoms with Crippen molar-refractivity contribution in [3.8, 4) is 0 Å². The van der Waals surface area contributed by atoms with Crippen LogP contribution in [0.2, 0.25) is 0 Å². The van der Waals surface area contributed by atoms with E-state index in [0.717, 1.165) is 18.4 Å². The normalized spacial score (nSPS) is 14.8. The quantitative estimate of drug-likeness (QED) is 0.693. The summed E-state index contributed by atoms with van der Waals surface area (Å²) in [5, 5.41) is 2.84. The number of carbonyl (C=O) groups is 1. The van der Waals surface area contributed by atoms with E-state index in [1.54, 1.807) is 19.1 Å². The lowest BCUT2D eigenvalue weighted by Gasteiger charge is -2.16. The Balaban J connectivity index is 1.60. The number of hydrogen-bond acceptors (Lipinski definition) is 4. The third kappa shape index (κ3) is 5.88. The first kappa shape index (κ1) is 21.5. The molecule has 156 valence electrons. The number of sulfonamides is 1. The van der Waals surface area contributed by atoms with Crippen molar-refractivity contribution >= 4 is 21.6 Å². The smallest absolute Gasteiger partial charge is 0.240 e. The number of carbonyl (C=O) groups excluding carboxylic acids is 1. The number of benzene rings is 2. The minimum Gasteiger partial charge on any atom is -0.383 e. The first-order valence-corrected chi connectivity index (χ1v) is 11.4. The van der Waals surface area contributed by atoms with E-state index < -0.39 is 10.0 Å². The molecule has 0 radical (unpaired) electrons. The number of fused-ring (bicyclic) bond motifs is 1. The van der Waals surface area contributed by atoms with Crippen LogP contribution in [0, 0.1) is 0 Å². The summed E-state index contributed by atoms with van der Waals surface area (Å²) < 4.78 is 32.2. The lowest BCUT2D eigenvalue weighted by molar-refractivity contribution is -0.115. The molecule has 1 amide bonds. The average Bonchev–Trinajstić information content (AvgIpc) is 2.68. The van der Waals surface area contributed by atoms with Gasteiger partial charge in [0, 0.05) is 18.8 Å². The summed E-state index contributed by atoms with van der Waals surface area (Å²) in [6, 6.07) is 12.1. The van der Waals surface area contributed by atoms with Crippen LogP contribution in [0.4, 0.5) is 5.69 Å². The molecule has 0 aliphatic heterocycles. The van der Waals surface area contributed by atoms with Crippen LogP contribution >= 0.6 is 0 Å². The van der Waals surface area contributed by atoms with Gasteiger partial charge in [0.05, 0.1) is 17.9 Å². The lowest BCUT2D eigenvalue weighted by Crippen LogP contribution is -2.35. The zero-order valence-corrected chi connectivity index (χ0v) is 17.7. The number of nitrogens with one attached hydrogen (secondary N) is 2. The maximum absolute atomic E-state index is 12.4. The molecule has 1 unspecified atom stereocenters. The molecule has 0 spiro atoms. The molecule has 7 heteroatoms. The standard InChI is InChI=1S/C22H28N2O4S/c1-16(15-28-2)24-29(26,27)21-11-9-20(10-12-21)23-22(25)14-17-7-8-18-5-3-4-6-19(18)13-17/h7-13,16,24H,3-6,14-15H2,1-2H3,(H,23,25). The molecule has 29 heavy (non-hydrogen) atoms. The van der Waals surface area contributed by atoms with Gasteiger partial charge in [-0.1, -0.05) is 18.2 Å². The van der Waals surface area contributed by atoms with Gasteiger partial charge >= 0.3 is 0 Å². The lowest BCUT2D eigenvalue weighted by atomic mass is 9.90. The van der Waals surface area contributed by atoms with E-state index in [9.17, 15) is 13.2 Å². The maximum Gasteiger partial charge on any atom is 0.240 e. The fourth-order valence-corrected chi connectivity index (χ4v) is 4.85. The second kappa shape index (κ2) is 9.52. The van der Waals surface area contributed by atoms with Crippen LogP contribution in [0.3, 0.4) is 0 Å². The summed E-state index contributed by atoms with van der Waals surface area (Å²) in [6.45, 7) is 2.02. The van der Waals surface area contributed by atoms with Crippen molar-refractivity contribution in [2.75, 3.05) is 19.0 Å². The van der Waals surface area contributed by atoms with Crippen molar-refractivity contribution in [2.24, 2.45) is 0 Å². The van der Waals surface area contributed by atoms with E-state index in [-0.39, 0.29) is 23.5 Å². The summed E-state index contributed by atoms with van der Waals surface area (Å²) >= 11 is 0. The summed E-state index contributed by atoms with van der Waals surface area (Å²) in [6.07, 6.45) is 4.94. The van der Waals surface area contributed by atoms with Crippen molar-refractivity contribution < 1.29 is 17.9 Å². The van der Waals surface area contributed by atoms with Gasteiger partial charge in [0.15, 0.2) is 0 Å². The van der Waals surface area contributed by atoms with Gasteiger partial charge in [-0.05, 0) is 73.6 Å². The van der Waals surface area contributed by atoms with E-state index in [1.807, 2.05) is 6.07 Å². The number of methoxy groups -OCH3 is 1. The van der Waals surface area contributed by atoms with E-state index >= 15 is 0 Å². The molecule has 2 aromatic rings. The Morgan fingerprint density at radius 1 is 1.07 bits per heavy atom. The van der Waals surface area contributed by atoms with E-state index in [4.69, 9.17) is 4.74 Å². The molecule has 0 aromatic heterocycles. The highest BCUT2D eigenvalue weighted by Crippen LogP contribution is 2.22. The molecule has 2 aromatic carbocycles. The topological polar surface area (TPSA) is 84.5 Å². The van der Waals surface area contributed by atoms with Crippen LogP contribution in [-0.2, 0) is 38.8 Å². The predicted molar refractivity (Wildman–Crippen MR) is 114 cm³/mol. The largest absolute Gasteiger partial charge is 0.383 e. The summed E-state index contributed by atoms with van der Waals surface area (Å²) in [5.74, 6) is -0.122. The van der Waals surface area contributed by atoms with Crippen LogP contribution in [0.5, 0.6) is 0 Å². The Hall–Kier alpha value is -2.22. The van der Waals surface area contributed by atoms with Crippen LogP contribution in [0.25, 0.3) is 0 Å². The summed E-state index contributed by atoms with van der Waals surface area (Å²) in [4.78, 5) is 12.5. The number of ether oxygens (including phenoxy) is 1. The highest BCUT2D eigenvalue weighted by Gasteiger charge is 2.17. The molecule has 0 heterocycles. The minimum atomic E-state index is -3.63. The molecule has 0 saturated heterocycles. The Morgan fingerprint density at radius 2 is 1.76 bits per heavy atom. The van der Waals surface area contributed by atoms with Crippen molar-refractivity contribution in [1.29, 1.82) is 0 Å².